The molecule has 0 amide bonds. The van der Waals surface area contributed by atoms with Gasteiger partial charge in [-0.3, -0.25) is 0 Å². The summed E-state index contributed by atoms with van der Waals surface area (Å²) in [5.74, 6) is 0. The second-order valence-corrected chi connectivity index (χ2v) is 3.58. The lowest BCUT2D eigenvalue weighted by Gasteiger charge is -2.04. The molecule has 0 aliphatic carbocycles. The Morgan fingerprint density at radius 2 is 1.33 bits per heavy atom. The van der Waals surface area contributed by atoms with E-state index >= 15 is 0 Å². The molecule has 0 saturated heterocycles. The van der Waals surface area contributed by atoms with Gasteiger partial charge in [-0.15, -0.1) is 0 Å². The van der Waals surface area contributed by atoms with Gasteiger partial charge in [0, 0.05) is 0 Å². The second-order valence-electron chi connectivity index (χ2n) is 3.58. The molecule has 0 bridgehead atoms. The zero-order valence-electron chi connectivity index (χ0n) is 10.1. The minimum atomic E-state index is 0. The monoisotopic (exact) mass is 208 g/mol. The molecule has 88 valence electrons. The van der Waals surface area contributed by atoms with Gasteiger partial charge in [-0.25, -0.2) is 0 Å². The second kappa shape index (κ2) is 11.3. The smallest absolute Gasteiger partial charge is 0.0279 e. The molecule has 0 aliphatic heterocycles. The van der Waals surface area contributed by atoms with Crippen LogP contribution in [0.3, 0.4) is 0 Å². The molecule has 1 rings (SSSR count). The van der Waals surface area contributed by atoms with Crippen LogP contribution in [0.2, 0.25) is 0 Å². The lowest BCUT2D eigenvalue weighted by atomic mass is 10.0. The average molecular weight is 208 g/mol. The molecule has 0 saturated carbocycles. The Labute approximate surface area is 96.7 Å². The van der Waals surface area contributed by atoms with E-state index in [1.165, 1.54) is 30.4 Å². The van der Waals surface area contributed by atoms with Gasteiger partial charge in [-0.05, 0) is 24.0 Å². The first-order valence-corrected chi connectivity index (χ1v) is 5.86. The molecule has 0 spiro atoms. The highest BCUT2D eigenvalue weighted by Gasteiger charge is 1.96. The van der Waals surface area contributed by atoms with E-state index in [4.69, 9.17) is 0 Å². The van der Waals surface area contributed by atoms with Gasteiger partial charge in [0.15, 0.2) is 0 Å². The van der Waals surface area contributed by atoms with E-state index in [9.17, 15) is 0 Å². The molecule has 0 radical (unpaired) electrons. The molecule has 0 unspecified atom stereocenters. The van der Waals surface area contributed by atoms with Crippen LogP contribution >= 0.6 is 0 Å². The molecule has 0 atom stereocenters. The van der Waals surface area contributed by atoms with Crippen LogP contribution in [-0.2, 0) is 12.8 Å². The maximum absolute atomic E-state index is 2.24. The summed E-state index contributed by atoms with van der Waals surface area (Å²) in [5.41, 5.74) is 3.03. The molecule has 0 N–H and O–H groups in total. The van der Waals surface area contributed by atoms with E-state index in [2.05, 4.69) is 52.0 Å². The predicted octanol–water partition coefficient (Wildman–Crippen LogP) is 5.25. The highest BCUT2D eigenvalue weighted by Crippen LogP contribution is 2.10. The standard InChI is InChI=1S/C11H16.C3H8.CH4/c1-3-7-11-9-6-5-8-10(11)4-2;1-3-2;/h5-6,8-9H,3-4,7H2,1-2H3;3H2,1-2H3;1H4. The third kappa shape index (κ3) is 7.18. The minimum absolute atomic E-state index is 0. The van der Waals surface area contributed by atoms with Crippen LogP contribution in [0, 0.1) is 0 Å². The summed E-state index contributed by atoms with van der Waals surface area (Å²) in [6.45, 7) is 8.70. The van der Waals surface area contributed by atoms with Crippen LogP contribution in [0.4, 0.5) is 0 Å². The Morgan fingerprint density at radius 1 is 0.867 bits per heavy atom. The van der Waals surface area contributed by atoms with E-state index in [1.807, 2.05) is 0 Å². The van der Waals surface area contributed by atoms with E-state index in [1.54, 1.807) is 0 Å². The summed E-state index contributed by atoms with van der Waals surface area (Å²) in [7, 11) is 0. The van der Waals surface area contributed by atoms with Crippen molar-refractivity contribution in [1.29, 1.82) is 0 Å². The molecule has 0 heteroatoms. The van der Waals surface area contributed by atoms with Crippen molar-refractivity contribution in [3.8, 4) is 0 Å². The average Bonchev–Trinajstić information content (AvgIpc) is 2.20. The lowest BCUT2D eigenvalue weighted by Crippen LogP contribution is -1.90. The van der Waals surface area contributed by atoms with E-state index in [0.29, 0.717) is 0 Å². The summed E-state index contributed by atoms with van der Waals surface area (Å²) in [4.78, 5) is 0. The molecule has 0 aliphatic rings. The molecule has 0 heterocycles. The van der Waals surface area contributed by atoms with Crippen LogP contribution in [0.25, 0.3) is 0 Å². The van der Waals surface area contributed by atoms with Crippen molar-refractivity contribution in [1.82, 2.24) is 0 Å². The Balaban J connectivity index is 0. The zero-order valence-corrected chi connectivity index (χ0v) is 10.1. The van der Waals surface area contributed by atoms with Gasteiger partial charge in [-0.2, -0.15) is 0 Å². The van der Waals surface area contributed by atoms with Crippen molar-refractivity contribution in [3.05, 3.63) is 35.4 Å². The van der Waals surface area contributed by atoms with Gasteiger partial charge in [0.1, 0.15) is 0 Å². The lowest BCUT2D eigenvalue weighted by molar-refractivity contribution is 0.899. The third-order valence-electron chi connectivity index (χ3n) is 2.02. The van der Waals surface area contributed by atoms with Crippen molar-refractivity contribution in [3.63, 3.8) is 0 Å². The van der Waals surface area contributed by atoms with Crippen LogP contribution in [0.15, 0.2) is 24.3 Å². The highest BCUT2D eigenvalue weighted by molar-refractivity contribution is 5.26. The molecular weight excluding hydrogens is 180 g/mol. The first-order chi connectivity index (χ1) is 6.79. The first kappa shape index (κ1) is 16.6. The van der Waals surface area contributed by atoms with Crippen LogP contribution in [0.5, 0.6) is 0 Å². The Hall–Kier alpha value is -0.780. The largest absolute Gasteiger partial charge is 0.0776 e. The summed E-state index contributed by atoms with van der Waals surface area (Å²) < 4.78 is 0. The number of aryl methyl sites for hydroxylation is 2. The van der Waals surface area contributed by atoms with Gasteiger partial charge in [0.05, 0.1) is 0 Å². The minimum Gasteiger partial charge on any atom is -0.0776 e. The number of benzene rings is 1. The van der Waals surface area contributed by atoms with Crippen molar-refractivity contribution in [2.24, 2.45) is 0 Å². The Bertz CT molecular complexity index is 225. The van der Waals surface area contributed by atoms with Crippen molar-refractivity contribution in [2.45, 2.75) is 60.8 Å². The fraction of sp³-hybridized carbons (Fsp3) is 0.600. The topological polar surface area (TPSA) is 0 Å². The quantitative estimate of drug-likeness (QED) is 0.636. The third-order valence-corrected chi connectivity index (χ3v) is 2.02. The summed E-state index contributed by atoms with van der Waals surface area (Å²) in [6.07, 6.45) is 4.89. The SMILES string of the molecule is C.CCC.CCCc1ccccc1CC. The summed E-state index contributed by atoms with van der Waals surface area (Å²) in [5, 5.41) is 0. The van der Waals surface area contributed by atoms with E-state index in [-0.39, 0.29) is 7.43 Å². The van der Waals surface area contributed by atoms with Gasteiger partial charge in [0.2, 0.25) is 0 Å². The van der Waals surface area contributed by atoms with Crippen molar-refractivity contribution < 1.29 is 0 Å². The maximum atomic E-state index is 2.24. The number of rotatable bonds is 3. The van der Waals surface area contributed by atoms with Crippen LogP contribution < -0.4 is 0 Å². The molecule has 0 aromatic heterocycles. The predicted molar refractivity (Wildman–Crippen MR) is 72.5 cm³/mol. The Kier molecular flexibility index (Phi) is 12.5. The number of hydrogen-bond acceptors (Lipinski definition) is 0. The first-order valence-electron chi connectivity index (χ1n) is 5.86. The van der Waals surface area contributed by atoms with Gasteiger partial charge in [0.25, 0.3) is 0 Å². The van der Waals surface area contributed by atoms with Gasteiger partial charge >= 0.3 is 0 Å². The fourth-order valence-electron chi connectivity index (χ4n) is 1.42. The van der Waals surface area contributed by atoms with Crippen molar-refractivity contribution in [2.75, 3.05) is 0 Å². The molecule has 1 aromatic carbocycles. The molecule has 0 fully saturated rings. The van der Waals surface area contributed by atoms with Gasteiger partial charge < -0.3 is 0 Å². The fourth-order valence-corrected chi connectivity index (χ4v) is 1.42. The molecule has 1 aromatic rings. The molecular formula is C15H28. The number of hydrogen-bond donors (Lipinski definition) is 0. The van der Waals surface area contributed by atoms with Crippen LogP contribution in [-0.4, -0.2) is 0 Å². The van der Waals surface area contributed by atoms with Crippen molar-refractivity contribution >= 4 is 0 Å². The van der Waals surface area contributed by atoms with Crippen LogP contribution in [0.1, 0.15) is 59.1 Å². The maximum Gasteiger partial charge on any atom is -0.0279 e. The normalized spacial score (nSPS) is 8.53. The summed E-state index contributed by atoms with van der Waals surface area (Å²) in [6, 6.07) is 8.72. The van der Waals surface area contributed by atoms with E-state index in [0.717, 1.165) is 6.42 Å². The van der Waals surface area contributed by atoms with Gasteiger partial charge in [-0.1, -0.05) is 72.2 Å². The zero-order chi connectivity index (χ0) is 10.8. The summed E-state index contributed by atoms with van der Waals surface area (Å²) >= 11 is 0. The molecule has 0 nitrogen and oxygen atoms in total. The van der Waals surface area contributed by atoms with E-state index < -0.39 is 0 Å². The Morgan fingerprint density at radius 3 is 1.73 bits per heavy atom. The highest BCUT2D eigenvalue weighted by atomic mass is 14.0. The molecule has 15 heavy (non-hydrogen) atoms.